The highest BCUT2D eigenvalue weighted by Crippen LogP contribution is 2.22. The molecule has 0 radical (unpaired) electrons. The smallest absolute Gasteiger partial charge is 0.271 e. The molecule has 1 rings (SSSR count). The second-order valence-electron chi connectivity index (χ2n) is 4.49. The molecule has 0 fully saturated rings. The van der Waals surface area contributed by atoms with Crippen LogP contribution in [0.25, 0.3) is 0 Å². The summed E-state index contributed by atoms with van der Waals surface area (Å²) in [6.07, 6.45) is 3.06. The Morgan fingerprint density at radius 2 is 1.80 bits per heavy atom. The summed E-state index contributed by atoms with van der Waals surface area (Å²) < 4.78 is 10.3. The van der Waals surface area contributed by atoms with Crippen molar-refractivity contribution in [1.82, 2.24) is 5.43 Å². The number of carbonyl (C=O) groups excluding carboxylic acids is 1. The van der Waals surface area contributed by atoms with Gasteiger partial charge in [-0.2, -0.15) is 5.10 Å². The highest BCUT2D eigenvalue weighted by Gasteiger charge is 2.09. The summed E-state index contributed by atoms with van der Waals surface area (Å²) in [6.45, 7) is 4.02. The Labute approximate surface area is 120 Å². The lowest BCUT2D eigenvalue weighted by Crippen LogP contribution is -2.19. The summed E-state index contributed by atoms with van der Waals surface area (Å²) in [4.78, 5) is 12.0. The molecule has 0 saturated heterocycles. The molecule has 5 heteroatoms. The van der Waals surface area contributed by atoms with Crippen LogP contribution in [0, 0.1) is 0 Å². The third kappa shape index (κ3) is 4.91. The van der Waals surface area contributed by atoms with Crippen molar-refractivity contribution in [3.63, 3.8) is 0 Å². The molecule has 1 amide bonds. The van der Waals surface area contributed by atoms with Gasteiger partial charge < -0.3 is 9.47 Å². The first-order valence-corrected chi connectivity index (χ1v) is 6.67. The average Bonchev–Trinajstić information content (AvgIpc) is 2.49. The molecule has 0 aliphatic rings. The van der Waals surface area contributed by atoms with Crippen LogP contribution in [0.15, 0.2) is 23.3 Å². The first-order chi connectivity index (χ1) is 9.60. The molecule has 1 aromatic carbocycles. The molecular formula is C15H22N2O3. The zero-order valence-electron chi connectivity index (χ0n) is 12.5. The zero-order valence-corrected chi connectivity index (χ0v) is 12.5. The van der Waals surface area contributed by atoms with E-state index in [9.17, 15) is 4.79 Å². The van der Waals surface area contributed by atoms with Crippen LogP contribution in [0.4, 0.5) is 0 Å². The summed E-state index contributed by atoms with van der Waals surface area (Å²) >= 11 is 0. The summed E-state index contributed by atoms with van der Waals surface area (Å²) in [5.74, 6) is 0.861. The van der Waals surface area contributed by atoms with Crippen LogP contribution in [-0.2, 0) is 0 Å². The van der Waals surface area contributed by atoms with Crippen LogP contribution in [0.3, 0.4) is 0 Å². The van der Waals surface area contributed by atoms with Gasteiger partial charge in [0.1, 0.15) is 11.5 Å². The van der Waals surface area contributed by atoms with Gasteiger partial charge in [0.2, 0.25) is 0 Å². The lowest BCUT2D eigenvalue weighted by Gasteiger charge is -2.07. The minimum atomic E-state index is -0.280. The quantitative estimate of drug-likeness (QED) is 0.616. The summed E-state index contributed by atoms with van der Waals surface area (Å²) in [5.41, 5.74) is 3.91. The van der Waals surface area contributed by atoms with Crippen molar-refractivity contribution in [2.45, 2.75) is 33.1 Å². The fraction of sp³-hybridized carbons (Fsp3) is 0.467. The van der Waals surface area contributed by atoms with Gasteiger partial charge in [0, 0.05) is 17.3 Å². The van der Waals surface area contributed by atoms with Gasteiger partial charge in [-0.1, -0.05) is 13.3 Å². The Bertz CT molecular complexity index is 462. The van der Waals surface area contributed by atoms with Gasteiger partial charge in [-0.25, -0.2) is 5.43 Å². The maximum absolute atomic E-state index is 12.0. The van der Waals surface area contributed by atoms with E-state index in [2.05, 4.69) is 17.5 Å². The molecule has 20 heavy (non-hydrogen) atoms. The molecule has 0 spiro atoms. The maximum atomic E-state index is 12.0. The molecule has 110 valence electrons. The Kier molecular flexibility index (Phi) is 6.56. The van der Waals surface area contributed by atoms with Crippen LogP contribution in [0.5, 0.6) is 11.5 Å². The SMILES string of the molecule is CCCC/C(C)=N\NC(=O)c1cc(OC)cc(OC)c1. The second-order valence-corrected chi connectivity index (χ2v) is 4.49. The maximum Gasteiger partial charge on any atom is 0.271 e. The Morgan fingerprint density at radius 1 is 1.20 bits per heavy atom. The van der Waals surface area contributed by atoms with E-state index < -0.39 is 0 Å². The van der Waals surface area contributed by atoms with Crippen LogP contribution in [0.2, 0.25) is 0 Å². The second kappa shape index (κ2) is 8.19. The molecule has 0 heterocycles. The summed E-state index contributed by atoms with van der Waals surface area (Å²) in [5, 5.41) is 4.08. The number of hydrazone groups is 1. The number of amides is 1. The third-order valence-corrected chi connectivity index (χ3v) is 2.85. The molecule has 0 aromatic heterocycles. The van der Waals surface area contributed by atoms with E-state index in [0.717, 1.165) is 25.0 Å². The Balaban J connectivity index is 2.76. The predicted octanol–water partition coefficient (Wildman–Crippen LogP) is 3.00. The molecular weight excluding hydrogens is 256 g/mol. The van der Waals surface area contributed by atoms with Gasteiger partial charge in [0.15, 0.2) is 0 Å². The third-order valence-electron chi connectivity index (χ3n) is 2.85. The lowest BCUT2D eigenvalue weighted by atomic mass is 10.2. The number of ether oxygens (including phenoxy) is 2. The molecule has 1 aromatic rings. The zero-order chi connectivity index (χ0) is 15.0. The molecule has 5 nitrogen and oxygen atoms in total. The van der Waals surface area contributed by atoms with Crippen LogP contribution < -0.4 is 14.9 Å². The number of methoxy groups -OCH3 is 2. The van der Waals surface area contributed by atoms with Gasteiger partial charge in [-0.3, -0.25) is 4.79 Å². The van der Waals surface area contributed by atoms with Crippen molar-refractivity contribution in [2.24, 2.45) is 5.10 Å². The highest BCUT2D eigenvalue weighted by molar-refractivity contribution is 5.96. The van der Waals surface area contributed by atoms with Crippen molar-refractivity contribution >= 4 is 11.6 Å². The van der Waals surface area contributed by atoms with Crippen molar-refractivity contribution in [1.29, 1.82) is 0 Å². The van der Waals surface area contributed by atoms with E-state index in [-0.39, 0.29) is 5.91 Å². The molecule has 0 saturated carbocycles. The number of benzene rings is 1. The monoisotopic (exact) mass is 278 g/mol. The van der Waals surface area contributed by atoms with E-state index in [4.69, 9.17) is 9.47 Å². The van der Waals surface area contributed by atoms with Gasteiger partial charge in [0.25, 0.3) is 5.91 Å². The van der Waals surface area contributed by atoms with E-state index in [1.807, 2.05) is 6.92 Å². The fourth-order valence-electron chi connectivity index (χ4n) is 1.64. The van der Waals surface area contributed by atoms with Crippen LogP contribution in [-0.4, -0.2) is 25.8 Å². The molecule has 0 bridgehead atoms. The predicted molar refractivity (Wildman–Crippen MR) is 79.6 cm³/mol. The van der Waals surface area contributed by atoms with Crippen molar-refractivity contribution in [2.75, 3.05) is 14.2 Å². The van der Waals surface area contributed by atoms with E-state index in [0.29, 0.717) is 17.1 Å². The van der Waals surface area contributed by atoms with Crippen LogP contribution in [0.1, 0.15) is 43.5 Å². The van der Waals surface area contributed by atoms with E-state index >= 15 is 0 Å². The molecule has 0 unspecified atom stereocenters. The minimum absolute atomic E-state index is 0.280. The van der Waals surface area contributed by atoms with Gasteiger partial charge in [-0.05, 0) is 31.9 Å². The Morgan fingerprint density at radius 3 is 2.30 bits per heavy atom. The van der Waals surface area contributed by atoms with Crippen molar-refractivity contribution in [3.8, 4) is 11.5 Å². The van der Waals surface area contributed by atoms with Crippen molar-refractivity contribution < 1.29 is 14.3 Å². The molecule has 0 atom stereocenters. The molecule has 0 aliphatic heterocycles. The number of carbonyl (C=O) groups is 1. The minimum Gasteiger partial charge on any atom is -0.497 e. The number of hydrogen-bond acceptors (Lipinski definition) is 4. The van der Waals surface area contributed by atoms with Crippen molar-refractivity contribution in [3.05, 3.63) is 23.8 Å². The average molecular weight is 278 g/mol. The molecule has 1 N–H and O–H groups in total. The largest absolute Gasteiger partial charge is 0.497 e. The standard InChI is InChI=1S/C15H22N2O3/c1-5-6-7-11(2)16-17-15(18)12-8-13(19-3)10-14(9-12)20-4/h8-10H,5-7H2,1-4H3,(H,17,18)/b16-11-. The topological polar surface area (TPSA) is 59.9 Å². The number of hydrogen-bond donors (Lipinski definition) is 1. The number of nitrogens with zero attached hydrogens (tertiary/aromatic N) is 1. The first-order valence-electron chi connectivity index (χ1n) is 6.67. The summed E-state index contributed by atoms with van der Waals surface area (Å²) in [6, 6.07) is 5.01. The van der Waals surface area contributed by atoms with Crippen LogP contribution >= 0.6 is 0 Å². The van der Waals surface area contributed by atoms with E-state index in [1.165, 1.54) is 0 Å². The van der Waals surface area contributed by atoms with Gasteiger partial charge in [0.05, 0.1) is 14.2 Å². The first kappa shape index (κ1) is 16.0. The van der Waals surface area contributed by atoms with Gasteiger partial charge >= 0.3 is 0 Å². The fourth-order valence-corrected chi connectivity index (χ4v) is 1.64. The number of unbranched alkanes of at least 4 members (excludes halogenated alkanes) is 1. The normalized spacial score (nSPS) is 11.1. The van der Waals surface area contributed by atoms with Gasteiger partial charge in [-0.15, -0.1) is 0 Å². The highest BCUT2D eigenvalue weighted by atomic mass is 16.5. The lowest BCUT2D eigenvalue weighted by molar-refractivity contribution is 0.0954. The number of nitrogens with one attached hydrogen (secondary N) is 1. The summed E-state index contributed by atoms with van der Waals surface area (Å²) in [7, 11) is 3.09. The number of rotatable bonds is 7. The Hall–Kier alpha value is -2.04. The molecule has 0 aliphatic carbocycles. The van der Waals surface area contributed by atoms with E-state index in [1.54, 1.807) is 32.4 Å².